The van der Waals surface area contributed by atoms with Crippen molar-refractivity contribution in [2.75, 3.05) is 0 Å². The van der Waals surface area contributed by atoms with E-state index in [9.17, 15) is 4.79 Å². The van der Waals surface area contributed by atoms with Crippen molar-refractivity contribution in [2.24, 2.45) is 0 Å². The summed E-state index contributed by atoms with van der Waals surface area (Å²) in [6.07, 6.45) is 2.74. The number of aryl methyl sites for hydroxylation is 1. The Bertz CT molecular complexity index is 508. The second-order valence-electron chi connectivity index (χ2n) is 3.24. The normalized spacial score (nSPS) is 10.4. The summed E-state index contributed by atoms with van der Waals surface area (Å²) in [7, 11) is 0. The number of benzene rings is 1. The van der Waals surface area contributed by atoms with Gasteiger partial charge >= 0.3 is 0 Å². The summed E-state index contributed by atoms with van der Waals surface area (Å²) in [6, 6.07) is 4.13. The first-order chi connectivity index (χ1) is 6.76. The Balaban J connectivity index is 2.89. The van der Waals surface area contributed by atoms with E-state index in [4.69, 9.17) is 0 Å². The molecule has 0 amide bonds. The van der Waals surface area contributed by atoms with Crippen LogP contribution in [0.5, 0.6) is 0 Å². The highest BCUT2D eigenvalue weighted by Crippen LogP contribution is 2.30. The number of aldehydes is 1. The summed E-state index contributed by atoms with van der Waals surface area (Å²) in [4.78, 5) is 10.8. The summed E-state index contributed by atoms with van der Waals surface area (Å²) >= 11 is 1.60. The molecule has 70 valence electrons. The second kappa shape index (κ2) is 3.39. The standard InChI is InChI=1S/C12H10OS/c1-3-9-4-8(2)5-11-10(6-13)7-14-12(9)11/h3-7H,1H2,2H3. The van der Waals surface area contributed by atoms with Gasteiger partial charge in [0.1, 0.15) is 0 Å². The fourth-order valence-electron chi connectivity index (χ4n) is 1.58. The van der Waals surface area contributed by atoms with Gasteiger partial charge in [-0.15, -0.1) is 11.3 Å². The number of carbonyl (C=O) groups excluding carboxylic acids is 1. The highest BCUT2D eigenvalue weighted by Gasteiger charge is 2.06. The molecule has 2 rings (SSSR count). The van der Waals surface area contributed by atoms with Crippen LogP contribution in [0, 0.1) is 6.92 Å². The molecule has 0 aliphatic rings. The lowest BCUT2D eigenvalue weighted by molar-refractivity contribution is 0.112. The Labute approximate surface area is 86.7 Å². The van der Waals surface area contributed by atoms with Crippen molar-refractivity contribution in [3.05, 3.63) is 40.8 Å². The van der Waals surface area contributed by atoms with Crippen LogP contribution >= 0.6 is 11.3 Å². The van der Waals surface area contributed by atoms with Gasteiger partial charge in [0.05, 0.1) is 0 Å². The van der Waals surface area contributed by atoms with Crippen molar-refractivity contribution in [1.82, 2.24) is 0 Å². The Morgan fingerprint density at radius 3 is 2.79 bits per heavy atom. The first-order valence-electron chi connectivity index (χ1n) is 4.35. The van der Waals surface area contributed by atoms with E-state index >= 15 is 0 Å². The molecule has 2 aromatic rings. The van der Waals surface area contributed by atoms with Crippen LogP contribution in [0.2, 0.25) is 0 Å². The number of carbonyl (C=O) groups is 1. The summed E-state index contributed by atoms with van der Waals surface area (Å²) in [6.45, 7) is 5.80. The lowest BCUT2D eigenvalue weighted by Gasteiger charge is -1.99. The fourth-order valence-corrected chi connectivity index (χ4v) is 2.59. The zero-order valence-corrected chi connectivity index (χ0v) is 8.73. The first-order valence-corrected chi connectivity index (χ1v) is 5.23. The van der Waals surface area contributed by atoms with Gasteiger partial charge in [0, 0.05) is 21.0 Å². The van der Waals surface area contributed by atoms with Crippen molar-refractivity contribution in [3.8, 4) is 0 Å². The zero-order valence-electron chi connectivity index (χ0n) is 7.91. The molecule has 0 spiro atoms. The Kier molecular flexibility index (Phi) is 2.22. The van der Waals surface area contributed by atoms with Crippen LogP contribution in [0.15, 0.2) is 24.1 Å². The fraction of sp³-hybridized carbons (Fsp3) is 0.0833. The van der Waals surface area contributed by atoms with Gasteiger partial charge < -0.3 is 0 Å². The molecule has 0 radical (unpaired) electrons. The number of thiophene rings is 1. The molecule has 0 atom stereocenters. The van der Waals surface area contributed by atoms with Gasteiger partial charge in [0.25, 0.3) is 0 Å². The smallest absolute Gasteiger partial charge is 0.151 e. The summed E-state index contributed by atoms with van der Waals surface area (Å²) in [5, 5.41) is 2.93. The Morgan fingerprint density at radius 2 is 2.14 bits per heavy atom. The molecule has 2 heteroatoms. The molecule has 0 unspecified atom stereocenters. The van der Waals surface area contributed by atoms with Crippen LogP contribution in [-0.4, -0.2) is 6.29 Å². The third-order valence-corrected chi connectivity index (χ3v) is 3.29. The third kappa shape index (κ3) is 1.28. The molecule has 1 aromatic heterocycles. The topological polar surface area (TPSA) is 17.1 Å². The van der Waals surface area contributed by atoms with E-state index < -0.39 is 0 Å². The summed E-state index contributed by atoms with van der Waals surface area (Å²) in [5.41, 5.74) is 3.05. The van der Waals surface area contributed by atoms with E-state index in [0.29, 0.717) is 0 Å². The maximum absolute atomic E-state index is 10.8. The summed E-state index contributed by atoms with van der Waals surface area (Å²) < 4.78 is 1.15. The van der Waals surface area contributed by atoms with Crippen molar-refractivity contribution < 1.29 is 4.79 Å². The lowest BCUT2D eigenvalue weighted by Crippen LogP contribution is -1.80. The van der Waals surface area contributed by atoms with Crippen LogP contribution in [0.1, 0.15) is 21.5 Å². The van der Waals surface area contributed by atoms with Gasteiger partial charge in [0.2, 0.25) is 0 Å². The van der Waals surface area contributed by atoms with Gasteiger partial charge in [-0.25, -0.2) is 0 Å². The minimum atomic E-state index is 0.775. The Morgan fingerprint density at radius 1 is 1.36 bits per heavy atom. The number of rotatable bonds is 2. The maximum Gasteiger partial charge on any atom is 0.151 e. The van der Waals surface area contributed by atoms with Gasteiger partial charge in [-0.3, -0.25) is 4.79 Å². The quantitative estimate of drug-likeness (QED) is 0.679. The van der Waals surface area contributed by atoms with Crippen LogP contribution < -0.4 is 0 Å². The van der Waals surface area contributed by atoms with Crippen molar-refractivity contribution >= 4 is 33.8 Å². The second-order valence-corrected chi connectivity index (χ2v) is 4.12. The molecular formula is C12H10OS. The van der Waals surface area contributed by atoms with E-state index in [1.807, 2.05) is 24.4 Å². The molecule has 1 heterocycles. The molecule has 0 saturated heterocycles. The molecular weight excluding hydrogens is 192 g/mol. The molecule has 0 fully saturated rings. The van der Waals surface area contributed by atoms with E-state index in [2.05, 4.69) is 12.6 Å². The van der Waals surface area contributed by atoms with Crippen molar-refractivity contribution in [1.29, 1.82) is 0 Å². The highest BCUT2D eigenvalue weighted by molar-refractivity contribution is 7.17. The van der Waals surface area contributed by atoms with E-state index in [0.717, 1.165) is 33.1 Å². The van der Waals surface area contributed by atoms with Crippen molar-refractivity contribution in [2.45, 2.75) is 6.92 Å². The predicted octanol–water partition coefficient (Wildman–Crippen LogP) is 3.67. The molecule has 0 bridgehead atoms. The molecule has 0 aliphatic carbocycles. The van der Waals surface area contributed by atoms with Crippen LogP contribution in [0.4, 0.5) is 0 Å². The first kappa shape index (κ1) is 9.16. The Hall–Kier alpha value is -1.41. The van der Waals surface area contributed by atoms with Crippen LogP contribution in [-0.2, 0) is 0 Å². The minimum Gasteiger partial charge on any atom is -0.298 e. The number of fused-ring (bicyclic) bond motifs is 1. The van der Waals surface area contributed by atoms with E-state index in [1.165, 1.54) is 0 Å². The largest absolute Gasteiger partial charge is 0.298 e. The third-order valence-electron chi connectivity index (χ3n) is 2.22. The van der Waals surface area contributed by atoms with Gasteiger partial charge in [-0.1, -0.05) is 18.7 Å². The SMILES string of the molecule is C=Cc1cc(C)cc2c(C=O)csc12. The van der Waals surface area contributed by atoms with E-state index in [1.54, 1.807) is 11.3 Å². The molecule has 0 aliphatic heterocycles. The monoisotopic (exact) mass is 202 g/mol. The minimum absolute atomic E-state index is 0.775. The molecule has 0 N–H and O–H groups in total. The van der Waals surface area contributed by atoms with Crippen LogP contribution in [0.25, 0.3) is 16.2 Å². The van der Waals surface area contributed by atoms with Gasteiger partial charge in [-0.2, -0.15) is 0 Å². The maximum atomic E-state index is 10.8. The zero-order chi connectivity index (χ0) is 10.1. The lowest BCUT2D eigenvalue weighted by atomic mass is 10.1. The predicted molar refractivity (Wildman–Crippen MR) is 62.0 cm³/mol. The van der Waals surface area contributed by atoms with Crippen molar-refractivity contribution in [3.63, 3.8) is 0 Å². The van der Waals surface area contributed by atoms with Gasteiger partial charge in [0.15, 0.2) is 6.29 Å². The number of hydrogen-bond acceptors (Lipinski definition) is 2. The number of hydrogen-bond donors (Lipinski definition) is 0. The average molecular weight is 202 g/mol. The molecule has 1 nitrogen and oxygen atoms in total. The highest BCUT2D eigenvalue weighted by atomic mass is 32.1. The summed E-state index contributed by atoms with van der Waals surface area (Å²) in [5.74, 6) is 0. The van der Waals surface area contributed by atoms with E-state index in [-0.39, 0.29) is 0 Å². The van der Waals surface area contributed by atoms with Crippen LogP contribution in [0.3, 0.4) is 0 Å². The molecule has 14 heavy (non-hydrogen) atoms. The van der Waals surface area contributed by atoms with Gasteiger partial charge in [-0.05, 0) is 24.1 Å². The molecule has 0 saturated carbocycles. The average Bonchev–Trinajstić information content (AvgIpc) is 2.59. The molecule has 1 aromatic carbocycles.